The van der Waals surface area contributed by atoms with Crippen molar-refractivity contribution in [2.24, 2.45) is 0 Å². The maximum absolute atomic E-state index is 12.7. The molecule has 0 aliphatic carbocycles. The van der Waals surface area contributed by atoms with Crippen molar-refractivity contribution in [3.63, 3.8) is 0 Å². The lowest BCUT2D eigenvalue weighted by Crippen LogP contribution is -2.14. The molecule has 0 aliphatic rings. The molecule has 1 aromatic heterocycles. The van der Waals surface area contributed by atoms with Gasteiger partial charge in [0.2, 0.25) is 0 Å². The summed E-state index contributed by atoms with van der Waals surface area (Å²) in [6.45, 7) is 5.95. The van der Waals surface area contributed by atoms with E-state index in [4.69, 9.17) is 4.74 Å². The molecule has 6 heteroatoms. The standard InChI is InChI=1S/C24H23N3O3/c1-4-30-23(28)15-27-14-19(20-7-5-6-8-22(20)27)12-18(13-25)24(29)26-21-11-16(2)9-10-17(21)3/h5-12,14H,4,15H2,1-3H3,(H,26,29)/b18-12+. The van der Waals surface area contributed by atoms with Crippen LogP contribution >= 0.6 is 0 Å². The predicted molar refractivity (Wildman–Crippen MR) is 117 cm³/mol. The SMILES string of the molecule is CCOC(=O)Cn1cc(/C=C(\C#N)C(=O)Nc2cc(C)ccc2C)c2ccccc21. The number of rotatable bonds is 6. The highest BCUT2D eigenvalue weighted by atomic mass is 16.5. The van der Waals surface area contributed by atoms with Gasteiger partial charge >= 0.3 is 5.97 Å². The summed E-state index contributed by atoms with van der Waals surface area (Å²) in [5, 5.41) is 13.3. The van der Waals surface area contributed by atoms with Crippen LogP contribution in [0.4, 0.5) is 5.69 Å². The van der Waals surface area contributed by atoms with E-state index in [2.05, 4.69) is 5.32 Å². The lowest BCUT2D eigenvalue weighted by Gasteiger charge is -2.08. The quantitative estimate of drug-likeness (QED) is 0.378. The number of fused-ring (bicyclic) bond motifs is 1. The van der Waals surface area contributed by atoms with Crippen molar-refractivity contribution >= 4 is 34.5 Å². The summed E-state index contributed by atoms with van der Waals surface area (Å²) in [5.74, 6) is -0.824. The summed E-state index contributed by atoms with van der Waals surface area (Å²) in [5.41, 5.74) is 4.09. The number of para-hydroxylation sites is 1. The number of nitrogens with one attached hydrogen (secondary N) is 1. The number of hydrogen-bond acceptors (Lipinski definition) is 4. The molecule has 3 aromatic rings. The smallest absolute Gasteiger partial charge is 0.325 e. The van der Waals surface area contributed by atoms with Gasteiger partial charge in [-0.15, -0.1) is 0 Å². The molecule has 0 atom stereocenters. The molecule has 6 nitrogen and oxygen atoms in total. The number of aromatic nitrogens is 1. The van der Waals surface area contributed by atoms with Gasteiger partial charge in [0.15, 0.2) is 0 Å². The van der Waals surface area contributed by atoms with E-state index in [1.807, 2.05) is 62.4 Å². The Morgan fingerprint density at radius 2 is 1.97 bits per heavy atom. The summed E-state index contributed by atoms with van der Waals surface area (Å²) in [7, 11) is 0. The second kappa shape index (κ2) is 9.10. The number of nitrogens with zero attached hydrogens (tertiary/aromatic N) is 2. The summed E-state index contributed by atoms with van der Waals surface area (Å²) in [6.07, 6.45) is 3.30. The zero-order valence-electron chi connectivity index (χ0n) is 17.2. The largest absolute Gasteiger partial charge is 0.465 e. The van der Waals surface area contributed by atoms with Crippen molar-refractivity contribution in [1.29, 1.82) is 5.26 Å². The van der Waals surface area contributed by atoms with Crippen LogP contribution in [0.25, 0.3) is 17.0 Å². The van der Waals surface area contributed by atoms with Gasteiger partial charge in [-0.25, -0.2) is 0 Å². The van der Waals surface area contributed by atoms with Gasteiger partial charge in [-0.1, -0.05) is 30.3 Å². The van der Waals surface area contributed by atoms with Crippen LogP contribution < -0.4 is 5.32 Å². The third-order valence-electron chi connectivity index (χ3n) is 4.73. The number of ether oxygens (including phenoxy) is 1. The molecule has 0 spiro atoms. The van der Waals surface area contributed by atoms with Crippen LogP contribution in [0.3, 0.4) is 0 Å². The maximum Gasteiger partial charge on any atom is 0.325 e. The third-order valence-corrected chi connectivity index (χ3v) is 4.73. The number of carbonyl (C=O) groups excluding carboxylic acids is 2. The van der Waals surface area contributed by atoms with E-state index in [9.17, 15) is 14.9 Å². The van der Waals surface area contributed by atoms with Gasteiger partial charge < -0.3 is 14.6 Å². The summed E-state index contributed by atoms with van der Waals surface area (Å²) >= 11 is 0. The van der Waals surface area contributed by atoms with Gasteiger partial charge in [0.05, 0.1) is 6.61 Å². The normalized spacial score (nSPS) is 11.2. The van der Waals surface area contributed by atoms with E-state index in [0.29, 0.717) is 17.9 Å². The Morgan fingerprint density at radius 3 is 2.70 bits per heavy atom. The topological polar surface area (TPSA) is 84.1 Å². The fraction of sp³-hybridized carbons (Fsp3) is 0.208. The van der Waals surface area contributed by atoms with Crippen molar-refractivity contribution in [1.82, 2.24) is 4.57 Å². The number of benzene rings is 2. The highest BCUT2D eigenvalue weighted by Crippen LogP contribution is 2.24. The molecule has 1 heterocycles. The molecule has 0 fully saturated rings. The zero-order chi connectivity index (χ0) is 21.7. The first-order chi connectivity index (χ1) is 14.4. The number of aryl methyl sites for hydroxylation is 2. The van der Waals surface area contributed by atoms with Gasteiger partial charge in [0, 0.05) is 28.4 Å². The molecule has 152 valence electrons. The van der Waals surface area contributed by atoms with Gasteiger partial charge in [0.1, 0.15) is 18.2 Å². The van der Waals surface area contributed by atoms with E-state index in [1.54, 1.807) is 23.8 Å². The summed E-state index contributed by atoms with van der Waals surface area (Å²) in [6, 6.07) is 15.3. The Balaban J connectivity index is 1.95. The van der Waals surface area contributed by atoms with Crippen LogP contribution in [-0.2, 0) is 20.9 Å². The molecule has 0 bridgehead atoms. The second-order valence-corrected chi connectivity index (χ2v) is 6.98. The Labute approximate surface area is 175 Å². The molecule has 0 saturated heterocycles. The van der Waals surface area contributed by atoms with Crippen molar-refractivity contribution in [3.05, 3.63) is 70.9 Å². The van der Waals surface area contributed by atoms with Crippen LogP contribution in [0.15, 0.2) is 54.2 Å². The highest BCUT2D eigenvalue weighted by molar-refractivity contribution is 6.11. The molecule has 2 aromatic carbocycles. The molecule has 1 amide bonds. The number of anilines is 1. The predicted octanol–water partition coefficient (Wildman–Crippen LogP) is 4.37. The molecule has 0 unspecified atom stereocenters. The minimum absolute atomic E-state index is 0.0186. The van der Waals surface area contributed by atoms with Gasteiger partial charge in [-0.3, -0.25) is 9.59 Å². The highest BCUT2D eigenvalue weighted by Gasteiger charge is 2.15. The third kappa shape index (κ3) is 4.58. The Hall–Kier alpha value is -3.85. The van der Waals surface area contributed by atoms with Gasteiger partial charge in [-0.2, -0.15) is 5.26 Å². The van der Waals surface area contributed by atoms with Crippen molar-refractivity contribution < 1.29 is 14.3 Å². The molecular formula is C24H23N3O3. The van der Waals surface area contributed by atoms with Crippen LogP contribution in [0.5, 0.6) is 0 Å². The molecular weight excluding hydrogens is 378 g/mol. The lowest BCUT2D eigenvalue weighted by molar-refractivity contribution is -0.143. The molecule has 0 aliphatic heterocycles. The molecule has 30 heavy (non-hydrogen) atoms. The van der Waals surface area contributed by atoms with Crippen LogP contribution in [0, 0.1) is 25.2 Å². The van der Waals surface area contributed by atoms with Crippen LogP contribution in [0.2, 0.25) is 0 Å². The average Bonchev–Trinajstić information content (AvgIpc) is 3.06. The number of nitriles is 1. The van der Waals surface area contributed by atoms with Gasteiger partial charge in [-0.05, 0) is 50.1 Å². The number of amides is 1. The fourth-order valence-electron chi connectivity index (χ4n) is 3.23. The lowest BCUT2D eigenvalue weighted by atomic mass is 10.1. The molecule has 0 saturated carbocycles. The van der Waals surface area contributed by atoms with Crippen molar-refractivity contribution in [3.8, 4) is 6.07 Å². The first-order valence-electron chi connectivity index (χ1n) is 9.66. The fourth-order valence-corrected chi connectivity index (χ4v) is 3.23. The van der Waals surface area contributed by atoms with Gasteiger partial charge in [0.25, 0.3) is 5.91 Å². The maximum atomic E-state index is 12.7. The second-order valence-electron chi connectivity index (χ2n) is 6.98. The van der Waals surface area contributed by atoms with E-state index in [1.165, 1.54) is 0 Å². The number of carbonyl (C=O) groups is 2. The van der Waals surface area contributed by atoms with E-state index >= 15 is 0 Å². The molecule has 1 N–H and O–H groups in total. The zero-order valence-corrected chi connectivity index (χ0v) is 17.2. The summed E-state index contributed by atoms with van der Waals surface area (Å²) < 4.78 is 6.80. The first kappa shape index (κ1) is 20.9. The van der Waals surface area contributed by atoms with Crippen LogP contribution in [0.1, 0.15) is 23.6 Å². The van der Waals surface area contributed by atoms with E-state index in [-0.39, 0.29) is 18.1 Å². The van der Waals surface area contributed by atoms with Crippen molar-refractivity contribution in [2.45, 2.75) is 27.3 Å². The minimum atomic E-state index is -0.478. The van der Waals surface area contributed by atoms with Crippen LogP contribution in [-0.4, -0.2) is 23.1 Å². The summed E-state index contributed by atoms with van der Waals surface area (Å²) in [4.78, 5) is 24.7. The monoisotopic (exact) mass is 401 g/mol. The first-order valence-corrected chi connectivity index (χ1v) is 9.66. The van der Waals surface area contributed by atoms with E-state index < -0.39 is 5.91 Å². The molecule has 0 radical (unpaired) electrons. The van der Waals surface area contributed by atoms with E-state index in [0.717, 1.165) is 22.0 Å². The number of hydrogen-bond donors (Lipinski definition) is 1. The number of esters is 1. The van der Waals surface area contributed by atoms with Crippen molar-refractivity contribution in [2.75, 3.05) is 11.9 Å². The Kier molecular flexibility index (Phi) is 6.33. The Morgan fingerprint density at radius 1 is 1.20 bits per heavy atom. The molecule has 3 rings (SSSR count). The Bertz CT molecular complexity index is 1180. The average molecular weight is 401 g/mol. The minimum Gasteiger partial charge on any atom is -0.465 e.